The van der Waals surface area contributed by atoms with Gasteiger partial charge in [-0.15, -0.1) is 0 Å². The maximum absolute atomic E-state index is 13.2. The van der Waals surface area contributed by atoms with Crippen molar-refractivity contribution in [3.8, 4) is 0 Å². The Hall–Kier alpha value is -2.74. The van der Waals surface area contributed by atoms with Crippen LogP contribution in [-0.2, 0) is 19.7 Å². The standard InChI is InChI=1S/C25H29N3O4/c29-23(26-10-11-27-12-14-31-15-13-27)22-16-25(18-32-22)17-28(21-9-5-4-8-20(21)25)24(30)19-6-2-1-3-7-19/h1-9,22H,10-18H2,(H,26,29)/t22-,25+/m0/s1. The first kappa shape index (κ1) is 21.1. The molecule has 7 nitrogen and oxygen atoms in total. The molecule has 1 spiro atoms. The number of rotatable bonds is 5. The summed E-state index contributed by atoms with van der Waals surface area (Å²) < 4.78 is 11.4. The molecule has 3 aliphatic rings. The number of hydrogen-bond donors (Lipinski definition) is 1. The largest absolute Gasteiger partial charge is 0.379 e. The minimum atomic E-state index is -0.500. The SMILES string of the molecule is O=C(NCCN1CCOCC1)[C@@H]1C[C@]2(CO1)CN(C(=O)c1ccccc1)c1ccccc12. The molecule has 5 rings (SSSR count). The second kappa shape index (κ2) is 9.02. The topological polar surface area (TPSA) is 71.1 Å². The number of hydrogen-bond acceptors (Lipinski definition) is 5. The molecule has 0 aliphatic carbocycles. The maximum atomic E-state index is 13.2. The molecular formula is C25H29N3O4. The third kappa shape index (κ3) is 4.03. The highest BCUT2D eigenvalue weighted by Gasteiger charge is 2.51. The van der Waals surface area contributed by atoms with Crippen molar-refractivity contribution in [2.75, 3.05) is 57.4 Å². The van der Waals surface area contributed by atoms with Crippen LogP contribution in [0.5, 0.6) is 0 Å². The van der Waals surface area contributed by atoms with Gasteiger partial charge in [-0.25, -0.2) is 0 Å². The van der Waals surface area contributed by atoms with E-state index in [9.17, 15) is 9.59 Å². The Morgan fingerprint density at radius 3 is 2.59 bits per heavy atom. The molecule has 2 amide bonds. The van der Waals surface area contributed by atoms with Gasteiger partial charge >= 0.3 is 0 Å². The van der Waals surface area contributed by atoms with Crippen LogP contribution in [0.3, 0.4) is 0 Å². The fourth-order valence-corrected chi connectivity index (χ4v) is 5.02. The maximum Gasteiger partial charge on any atom is 0.258 e. The average molecular weight is 436 g/mol. The summed E-state index contributed by atoms with van der Waals surface area (Å²) >= 11 is 0. The molecule has 0 radical (unpaired) electrons. The van der Waals surface area contributed by atoms with E-state index in [1.807, 2.05) is 53.4 Å². The molecule has 3 aliphatic heterocycles. The van der Waals surface area contributed by atoms with E-state index in [1.165, 1.54) is 0 Å². The van der Waals surface area contributed by atoms with E-state index < -0.39 is 6.10 Å². The van der Waals surface area contributed by atoms with Crippen LogP contribution >= 0.6 is 0 Å². The summed E-state index contributed by atoms with van der Waals surface area (Å²) in [4.78, 5) is 30.2. The quantitative estimate of drug-likeness (QED) is 0.776. The van der Waals surface area contributed by atoms with E-state index in [0.29, 0.717) is 31.7 Å². The van der Waals surface area contributed by atoms with Crippen molar-refractivity contribution in [2.24, 2.45) is 0 Å². The number of nitrogens with one attached hydrogen (secondary N) is 1. The molecule has 2 fully saturated rings. The summed E-state index contributed by atoms with van der Waals surface area (Å²) in [5, 5.41) is 3.04. The summed E-state index contributed by atoms with van der Waals surface area (Å²) in [6, 6.07) is 17.3. The highest BCUT2D eigenvalue weighted by Crippen LogP contribution is 2.47. The number of carbonyl (C=O) groups excluding carboxylic acids is 2. The molecule has 0 unspecified atom stereocenters. The van der Waals surface area contributed by atoms with Crippen LogP contribution < -0.4 is 10.2 Å². The summed E-state index contributed by atoms with van der Waals surface area (Å²) in [6.07, 6.45) is 0.0749. The Morgan fingerprint density at radius 2 is 1.78 bits per heavy atom. The van der Waals surface area contributed by atoms with Gasteiger partial charge in [-0.3, -0.25) is 14.5 Å². The number of carbonyl (C=O) groups is 2. The van der Waals surface area contributed by atoms with Gasteiger partial charge in [0, 0.05) is 49.4 Å². The van der Waals surface area contributed by atoms with E-state index in [-0.39, 0.29) is 17.2 Å². The first-order chi connectivity index (χ1) is 15.7. The molecule has 168 valence electrons. The van der Waals surface area contributed by atoms with Gasteiger partial charge in [-0.1, -0.05) is 36.4 Å². The van der Waals surface area contributed by atoms with Crippen LogP contribution in [-0.4, -0.2) is 75.4 Å². The number of nitrogens with zero attached hydrogens (tertiary/aromatic N) is 2. The third-order valence-electron chi connectivity index (χ3n) is 6.75. The highest BCUT2D eigenvalue weighted by atomic mass is 16.5. The fourth-order valence-electron chi connectivity index (χ4n) is 5.02. The normalized spacial score (nSPS) is 25.1. The molecule has 2 aromatic rings. The molecule has 7 heteroatoms. The minimum absolute atomic E-state index is 0.0201. The molecule has 32 heavy (non-hydrogen) atoms. The molecule has 2 atom stereocenters. The van der Waals surface area contributed by atoms with Gasteiger partial charge < -0.3 is 19.7 Å². The second-order valence-corrected chi connectivity index (χ2v) is 8.80. The zero-order valence-electron chi connectivity index (χ0n) is 18.2. The van der Waals surface area contributed by atoms with E-state index >= 15 is 0 Å². The molecular weight excluding hydrogens is 406 g/mol. The van der Waals surface area contributed by atoms with Crippen molar-refractivity contribution in [3.05, 3.63) is 65.7 Å². The lowest BCUT2D eigenvalue weighted by Gasteiger charge is -2.26. The number of morpholine rings is 1. The summed E-state index contributed by atoms with van der Waals surface area (Å²) in [6.45, 7) is 5.68. The van der Waals surface area contributed by atoms with Crippen LogP contribution in [0.2, 0.25) is 0 Å². The van der Waals surface area contributed by atoms with Crippen molar-refractivity contribution in [2.45, 2.75) is 17.9 Å². The van der Waals surface area contributed by atoms with Gasteiger partial charge in [0.15, 0.2) is 0 Å². The summed E-state index contributed by atoms with van der Waals surface area (Å²) in [5.41, 5.74) is 2.31. The zero-order valence-corrected chi connectivity index (χ0v) is 18.2. The van der Waals surface area contributed by atoms with Gasteiger partial charge in [-0.05, 0) is 30.2 Å². The van der Waals surface area contributed by atoms with Crippen molar-refractivity contribution < 1.29 is 19.1 Å². The number of anilines is 1. The lowest BCUT2D eigenvalue weighted by Crippen LogP contribution is -2.43. The van der Waals surface area contributed by atoms with Crippen LogP contribution in [0.1, 0.15) is 22.3 Å². The van der Waals surface area contributed by atoms with Crippen LogP contribution in [0.15, 0.2) is 54.6 Å². The molecule has 0 saturated carbocycles. The predicted molar refractivity (Wildman–Crippen MR) is 121 cm³/mol. The van der Waals surface area contributed by atoms with Crippen molar-refractivity contribution in [1.29, 1.82) is 0 Å². The van der Waals surface area contributed by atoms with E-state index in [1.54, 1.807) is 0 Å². The number of ether oxygens (including phenoxy) is 2. The van der Waals surface area contributed by atoms with Gasteiger partial charge in [0.2, 0.25) is 5.91 Å². The summed E-state index contributed by atoms with van der Waals surface area (Å²) in [7, 11) is 0. The lowest BCUT2D eigenvalue weighted by molar-refractivity contribution is -0.130. The average Bonchev–Trinajstić information content (AvgIpc) is 3.42. The predicted octanol–water partition coefficient (Wildman–Crippen LogP) is 1.82. The first-order valence-electron chi connectivity index (χ1n) is 11.3. The van der Waals surface area contributed by atoms with Crippen molar-refractivity contribution in [1.82, 2.24) is 10.2 Å². The number of benzene rings is 2. The Labute approximate surface area is 188 Å². The van der Waals surface area contributed by atoms with Crippen LogP contribution in [0.4, 0.5) is 5.69 Å². The van der Waals surface area contributed by atoms with Gasteiger partial charge in [0.1, 0.15) is 6.10 Å². The van der Waals surface area contributed by atoms with Crippen molar-refractivity contribution >= 4 is 17.5 Å². The van der Waals surface area contributed by atoms with Gasteiger partial charge in [0.25, 0.3) is 5.91 Å². The van der Waals surface area contributed by atoms with E-state index in [4.69, 9.17) is 9.47 Å². The minimum Gasteiger partial charge on any atom is -0.379 e. The molecule has 0 bridgehead atoms. The second-order valence-electron chi connectivity index (χ2n) is 8.80. The molecule has 1 N–H and O–H groups in total. The summed E-state index contributed by atoms with van der Waals surface area (Å²) in [5.74, 6) is -0.0891. The zero-order chi connectivity index (χ0) is 22.0. The van der Waals surface area contributed by atoms with Crippen molar-refractivity contribution in [3.63, 3.8) is 0 Å². The Morgan fingerprint density at radius 1 is 1.03 bits per heavy atom. The molecule has 2 aromatic carbocycles. The smallest absolute Gasteiger partial charge is 0.258 e. The van der Waals surface area contributed by atoms with E-state index in [2.05, 4.69) is 16.3 Å². The lowest BCUT2D eigenvalue weighted by atomic mass is 9.80. The monoisotopic (exact) mass is 435 g/mol. The first-order valence-corrected chi connectivity index (χ1v) is 11.3. The molecule has 2 saturated heterocycles. The van der Waals surface area contributed by atoms with Crippen LogP contribution in [0, 0.1) is 0 Å². The Balaban J connectivity index is 1.26. The third-order valence-corrected chi connectivity index (χ3v) is 6.75. The Kier molecular flexibility index (Phi) is 5.95. The number of amides is 2. The number of fused-ring (bicyclic) bond motifs is 2. The fraction of sp³-hybridized carbons (Fsp3) is 0.440. The van der Waals surface area contributed by atoms with Gasteiger partial charge in [-0.2, -0.15) is 0 Å². The molecule has 0 aromatic heterocycles. The highest BCUT2D eigenvalue weighted by molar-refractivity contribution is 6.07. The van der Waals surface area contributed by atoms with E-state index in [0.717, 1.165) is 44.1 Å². The van der Waals surface area contributed by atoms with Crippen LogP contribution in [0.25, 0.3) is 0 Å². The number of para-hydroxylation sites is 1. The van der Waals surface area contributed by atoms with Gasteiger partial charge in [0.05, 0.1) is 19.8 Å². The Bertz CT molecular complexity index is 976. The molecule has 3 heterocycles.